The number of ether oxygens (including phenoxy) is 1. The number of anilines is 2. The number of carbonyl (C=O) groups excluding carboxylic acids is 2. The molecule has 1 N–H and O–H groups in total. The summed E-state index contributed by atoms with van der Waals surface area (Å²) in [5.74, 6) is -0.712. The molecule has 2 heterocycles. The molecule has 1 aliphatic rings. The second-order valence-corrected chi connectivity index (χ2v) is 7.21. The topological polar surface area (TPSA) is 128 Å². The van der Waals surface area contributed by atoms with Gasteiger partial charge >= 0.3 is 5.97 Å². The second kappa shape index (κ2) is 9.49. The summed E-state index contributed by atoms with van der Waals surface area (Å²) in [4.78, 5) is 45.4. The lowest BCUT2D eigenvalue weighted by molar-refractivity contribution is -0.384. The highest BCUT2D eigenvalue weighted by Crippen LogP contribution is 2.27. The molecule has 1 aliphatic heterocycles. The average Bonchev–Trinajstić information content (AvgIpc) is 2.75. The van der Waals surface area contributed by atoms with E-state index in [9.17, 15) is 19.7 Å². The third kappa shape index (κ3) is 5.20. The maximum atomic E-state index is 12.4. The third-order valence-electron chi connectivity index (χ3n) is 4.75. The van der Waals surface area contributed by atoms with Crippen molar-refractivity contribution < 1.29 is 19.2 Å². The van der Waals surface area contributed by atoms with Gasteiger partial charge < -0.3 is 15.0 Å². The lowest BCUT2D eigenvalue weighted by Gasteiger charge is -2.31. The van der Waals surface area contributed by atoms with E-state index in [0.29, 0.717) is 31.9 Å². The first-order valence-corrected chi connectivity index (χ1v) is 9.70. The Kier molecular flexibility index (Phi) is 6.78. The molecule has 0 bridgehead atoms. The van der Waals surface area contributed by atoms with Gasteiger partial charge in [-0.2, -0.15) is 0 Å². The molecule has 1 unspecified atom stereocenters. The number of hydrogen-bond donors (Lipinski definition) is 1. The number of esters is 1. The fourth-order valence-corrected chi connectivity index (χ4v) is 3.27. The molecule has 2 aromatic rings. The number of carbonyl (C=O) groups is 2. The number of nitrogens with one attached hydrogen (secondary N) is 1. The highest BCUT2D eigenvalue weighted by molar-refractivity contribution is 6.34. The van der Waals surface area contributed by atoms with Gasteiger partial charge in [0.2, 0.25) is 5.95 Å². The lowest BCUT2D eigenvalue weighted by atomic mass is 9.97. The molecule has 1 amide bonds. The lowest BCUT2D eigenvalue weighted by Crippen LogP contribution is -2.39. The molecule has 1 aromatic heterocycles. The number of nitro benzene ring substituents is 1. The van der Waals surface area contributed by atoms with Crippen LogP contribution >= 0.6 is 11.6 Å². The molecule has 0 aliphatic carbocycles. The van der Waals surface area contributed by atoms with Gasteiger partial charge in [0.05, 0.1) is 21.6 Å². The Balaban J connectivity index is 1.51. The molecule has 30 heavy (non-hydrogen) atoms. The summed E-state index contributed by atoms with van der Waals surface area (Å²) in [6.45, 7) is 2.69. The first-order chi connectivity index (χ1) is 14.3. The van der Waals surface area contributed by atoms with E-state index >= 15 is 0 Å². The van der Waals surface area contributed by atoms with E-state index in [1.807, 2.05) is 4.90 Å². The maximum Gasteiger partial charge on any atom is 0.309 e. The van der Waals surface area contributed by atoms with Gasteiger partial charge in [-0.1, -0.05) is 11.6 Å². The van der Waals surface area contributed by atoms with E-state index in [4.69, 9.17) is 16.3 Å². The van der Waals surface area contributed by atoms with Crippen molar-refractivity contribution in [2.24, 2.45) is 5.92 Å². The summed E-state index contributed by atoms with van der Waals surface area (Å²) in [6, 6.07) is 5.43. The van der Waals surface area contributed by atoms with Crippen LogP contribution in [0.1, 0.15) is 19.8 Å². The summed E-state index contributed by atoms with van der Waals surface area (Å²) in [5, 5.41) is 13.3. The Bertz CT molecular complexity index is 934. The van der Waals surface area contributed by atoms with Crippen molar-refractivity contribution in [3.63, 3.8) is 0 Å². The number of rotatable bonds is 6. The van der Waals surface area contributed by atoms with Gasteiger partial charge in [-0.15, -0.1) is 0 Å². The van der Waals surface area contributed by atoms with Crippen LogP contribution in [0.3, 0.4) is 0 Å². The van der Waals surface area contributed by atoms with Crippen LogP contribution in [0.2, 0.25) is 5.02 Å². The molecule has 1 saturated heterocycles. The zero-order chi connectivity index (χ0) is 21.7. The van der Waals surface area contributed by atoms with Gasteiger partial charge in [0.25, 0.3) is 11.6 Å². The number of nitro groups is 1. The molecule has 10 nitrogen and oxygen atoms in total. The van der Waals surface area contributed by atoms with Crippen LogP contribution in [0, 0.1) is 16.0 Å². The van der Waals surface area contributed by atoms with E-state index in [1.54, 1.807) is 18.5 Å². The highest BCUT2D eigenvalue weighted by Gasteiger charge is 2.29. The molecular weight excluding hydrogens is 414 g/mol. The summed E-state index contributed by atoms with van der Waals surface area (Å²) in [7, 11) is 0. The number of amides is 1. The number of nitrogens with zero attached hydrogens (tertiary/aromatic N) is 4. The van der Waals surface area contributed by atoms with Gasteiger partial charge in [0, 0.05) is 37.6 Å². The average molecular weight is 434 g/mol. The van der Waals surface area contributed by atoms with E-state index in [2.05, 4.69) is 15.3 Å². The number of non-ortho nitro benzene ring substituents is 1. The molecule has 158 valence electrons. The van der Waals surface area contributed by atoms with Crippen LogP contribution in [0.4, 0.5) is 17.3 Å². The summed E-state index contributed by atoms with van der Waals surface area (Å²) in [6.07, 6.45) is 3.43. The minimum absolute atomic E-state index is 0.0200. The number of hydrogen-bond acceptors (Lipinski definition) is 8. The van der Waals surface area contributed by atoms with Gasteiger partial charge in [-0.3, -0.25) is 19.7 Å². The number of piperidine rings is 1. The van der Waals surface area contributed by atoms with E-state index in [-0.39, 0.29) is 22.3 Å². The molecule has 0 saturated carbocycles. The van der Waals surface area contributed by atoms with Crippen LogP contribution in [-0.2, 0) is 14.3 Å². The maximum absolute atomic E-state index is 12.4. The fraction of sp³-hybridized carbons (Fsp3) is 0.368. The van der Waals surface area contributed by atoms with Crippen LogP contribution < -0.4 is 10.2 Å². The van der Waals surface area contributed by atoms with Crippen molar-refractivity contribution in [1.82, 2.24) is 9.97 Å². The number of halogens is 1. The van der Waals surface area contributed by atoms with Crippen LogP contribution in [0.25, 0.3) is 0 Å². The van der Waals surface area contributed by atoms with E-state index in [1.165, 1.54) is 19.1 Å². The second-order valence-electron chi connectivity index (χ2n) is 6.80. The summed E-state index contributed by atoms with van der Waals surface area (Å²) >= 11 is 5.97. The minimum Gasteiger partial charge on any atom is -0.452 e. The third-order valence-corrected chi connectivity index (χ3v) is 5.06. The molecule has 1 aromatic carbocycles. The van der Waals surface area contributed by atoms with Crippen molar-refractivity contribution in [3.8, 4) is 0 Å². The van der Waals surface area contributed by atoms with Crippen molar-refractivity contribution in [3.05, 3.63) is 51.8 Å². The first kappa shape index (κ1) is 21.4. The van der Waals surface area contributed by atoms with Crippen molar-refractivity contribution in [2.45, 2.75) is 25.9 Å². The molecule has 1 atom stereocenters. The van der Waals surface area contributed by atoms with Gasteiger partial charge in [-0.05, 0) is 31.9 Å². The highest BCUT2D eigenvalue weighted by atomic mass is 35.5. The van der Waals surface area contributed by atoms with E-state index in [0.717, 1.165) is 6.07 Å². The molecule has 3 rings (SSSR count). The molecule has 0 radical (unpaired) electrons. The van der Waals surface area contributed by atoms with Crippen molar-refractivity contribution in [1.29, 1.82) is 0 Å². The molecule has 0 spiro atoms. The number of benzene rings is 1. The van der Waals surface area contributed by atoms with Gasteiger partial charge in [0.1, 0.15) is 0 Å². The zero-order valence-corrected chi connectivity index (χ0v) is 16.9. The minimum atomic E-state index is -1.04. The first-order valence-electron chi connectivity index (χ1n) is 9.32. The van der Waals surface area contributed by atoms with Crippen LogP contribution in [0.5, 0.6) is 0 Å². The molecule has 1 fully saturated rings. The molecular formula is C19H20ClN5O5. The van der Waals surface area contributed by atoms with Crippen LogP contribution in [-0.4, -0.2) is 46.0 Å². The summed E-state index contributed by atoms with van der Waals surface area (Å²) in [5.41, 5.74) is 0.0102. The SMILES string of the molecule is CC(OC(=O)C1CCN(c2ncccn2)CC1)C(=O)Nc1ccc([N+](=O)[O-])cc1Cl. The Labute approximate surface area is 177 Å². The van der Waals surface area contributed by atoms with Crippen LogP contribution in [0.15, 0.2) is 36.7 Å². The van der Waals surface area contributed by atoms with Crippen molar-refractivity contribution in [2.75, 3.05) is 23.3 Å². The Hall–Kier alpha value is -3.27. The molecule has 11 heteroatoms. The Morgan fingerprint density at radius 3 is 2.57 bits per heavy atom. The Morgan fingerprint density at radius 2 is 1.97 bits per heavy atom. The number of aromatic nitrogens is 2. The predicted molar refractivity (Wildman–Crippen MR) is 109 cm³/mol. The normalized spacial score (nSPS) is 15.3. The Morgan fingerprint density at radius 1 is 1.30 bits per heavy atom. The van der Waals surface area contributed by atoms with Gasteiger partial charge in [0.15, 0.2) is 6.10 Å². The fourth-order valence-electron chi connectivity index (χ4n) is 3.05. The zero-order valence-electron chi connectivity index (χ0n) is 16.2. The smallest absolute Gasteiger partial charge is 0.309 e. The largest absolute Gasteiger partial charge is 0.452 e. The van der Waals surface area contributed by atoms with E-state index < -0.39 is 22.9 Å². The standard InChI is InChI=1S/C19H20ClN5O5/c1-12(17(26)23-16-4-3-14(25(28)29)11-15(16)20)30-18(27)13-5-9-24(10-6-13)19-21-7-2-8-22-19/h2-4,7-8,11-13H,5-6,9-10H2,1H3,(H,23,26). The van der Waals surface area contributed by atoms with Gasteiger partial charge in [-0.25, -0.2) is 9.97 Å². The van der Waals surface area contributed by atoms with Crippen molar-refractivity contribution >= 4 is 40.8 Å². The summed E-state index contributed by atoms with van der Waals surface area (Å²) < 4.78 is 5.31. The quantitative estimate of drug-likeness (QED) is 0.418. The monoisotopic (exact) mass is 433 g/mol. The predicted octanol–water partition coefficient (Wildman–Crippen LogP) is 2.83.